The molecular formula is C17H19BrN2O3S. The Morgan fingerprint density at radius 1 is 1.29 bits per heavy atom. The zero-order valence-electron chi connectivity index (χ0n) is 13.3. The molecule has 128 valence electrons. The maximum absolute atomic E-state index is 12.2. The van der Waals surface area contributed by atoms with Gasteiger partial charge in [-0.1, -0.05) is 28.1 Å². The van der Waals surface area contributed by atoms with Gasteiger partial charge in [0.25, 0.3) is 5.91 Å². The highest BCUT2D eigenvalue weighted by Crippen LogP contribution is 2.17. The molecule has 0 unspecified atom stereocenters. The molecule has 2 rings (SSSR count). The molecule has 1 aromatic heterocycles. The van der Waals surface area contributed by atoms with Crippen molar-refractivity contribution < 1.29 is 14.3 Å². The number of likely N-dealkylation sites (N-methyl/N-ethyl adjacent to an activating group) is 1. The van der Waals surface area contributed by atoms with Crippen molar-refractivity contribution in [2.24, 2.45) is 0 Å². The van der Waals surface area contributed by atoms with Gasteiger partial charge in [0.05, 0.1) is 13.1 Å². The second-order valence-corrected chi connectivity index (χ2v) is 6.96. The Morgan fingerprint density at radius 3 is 2.79 bits per heavy atom. The Balaban J connectivity index is 1.78. The second kappa shape index (κ2) is 9.44. The average Bonchev–Trinajstić information content (AvgIpc) is 3.09. The lowest BCUT2D eigenvalue weighted by Crippen LogP contribution is -2.42. The largest absolute Gasteiger partial charge is 0.484 e. The normalized spacial score (nSPS) is 10.2. The summed E-state index contributed by atoms with van der Waals surface area (Å²) in [5, 5.41) is 4.78. The minimum absolute atomic E-state index is 0.0303. The Hall–Kier alpha value is -1.86. The minimum atomic E-state index is -0.219. The van der Waals surface area contributed by atoms with E-state index < -0.39 is 0 Å². The number of hydrogen-bond acceptors (Lipinski definition) is 4. The fourth-order valence-electron chi connectivity index (χ4n) is 2.00. The smallest absolute Gasteiger partial charge is 0.260 e. The van der Waals surface area contributed by atoms with E-state index in [1.54, 1.807) is 23.5 Å². The number of hydrogen-bond donors (Lipinski definition) is 1. The highest BCUT2D eigenvalue weighted by Gasteiger charge is 2.16. The number of nitrogens with zero attached hydrogens (tertiary/aromatic N) is 1. The van der Waals surface area contributed by atoms with Gasteiger partial charge in [-0.15, -0.1) is 11.3 Å². The molecule has 5 nitrogen and oxygen atoms in total. The van der Waals surface area contributed by atoms with Gasteiger partial charge in [-0.2, -0.15) is 0 Å². The van der Waals surface area contributed by atoms with Crippen LogP contribution in [0.15, 0.2) is 46.3 Å². The van der Waals surface area contributed by atoms with Crippen molar-refractivity contribution in [3.63, 3.8) is 0 Å². The molecular weight excluding hydrogens is 392 g/mol. The summed E-state index contributed by atoms with van der Waals surface area (Å²) in [5.41, 5.74) is 0. The van der Waals surface area contributed by atoms with E-state index >= 15 is 0 Å². The van der Waals surface area contributed by atoms with E-state index in [1.165, 1.54) is 4.90 Å². The van der Waals surface area contributed by atoms with Crippen LogP contribution in [-0.4, -0.2) is 36.4 Å². The highest BCUT2D eigenvalue weighted by molar-refractivity contribution is 9.10. The van der Waals surface area contributed by atoms with E-state index in [0.29, 0.717) is 18.8 Å². The maximum Gasteiger partial charge on any atom is 0.260 e. The molecule has 0 bridgehead atoms. The van der Waals surface area contributed by atoms with Crippen LogP contribution in [0.2, 0.25) is 0 Å². The average molecular weight is 411 g/mol. The van der Waals surface area contributed by atoms with Crippen molar-refractivity contribution in [2.45, 2.75) is 13.5 Å². The van der Waals surface area contributed by atoms with Crippen LogP contribution in [0.1, 0.15) is 11.8 Å². The first-order chi connectivity index (χ1) is 11.6. The third-order valence-corrected chi connectivity index (χ3v) is 4.64. The number of carbonyl (C=O) groups excluding carboxylic acids is 2. The molecule has 7 heteroatoms. The van der Waals surface area contributed by atoms with Gasteiger partial charge in [0.15, 0.2) is 6.61 Å². The van der Waals surface area contributed by atoms with Gasteiger partial charge in [-0.05, 0) is 36.6 Å². The van der Waals surface area contributed by atoms with E-state index in [2.05, 4.69) is 21.2 Å². The topological polar surface area (TPSA) is 58.6 Å². The lowest BCUT2D eigenvalue weighted by molar-refractivity contribution is -0.137. The number of benzene rings is 1. The molecule has 0 aliphatic heterocycles. The molecule has 0 saturated heterocycles. The van der Waals surface area contributed by atoms with Crippen LogP contribution in [0, 0.1) is 0 Å². The van der Waals surface area contributed by atoms with Gasteiger partial charge in [-0.3, -0.25) is 9.59 Å². The molecule has 1 aromatic carbocycles. The zero-order valence-corrected chi connectivity index (χ0v) is 15.7. The Bertz CT molecular complexity index is 676. The maximum atomic E-state index is 12.2. The lowest BCUT2D eigenvalue weighted by atomic mass is 10.3. The number of carbonyl (C=O) groups is 2. The molecule has 0 radical (unpaired) electrons. The predicted molar refractivity (Wildman–Crippen MR) is 98.1 cm³/mol. The summed E-state index contributed by atoms with van der Waals surface area (Å²) in [6.45, 7) is 2.71. The quantitative estimate of drug-likeness (QED) is 0.727. The van der Waals surface area contributed by atoms with E-state index in [0.717, 1.165) is 9.35 Å². The summed E-state index contributed by atoms with van der Waals surface area (Å²) in [5.74, 6) is 0.209. The van der Waals surface area contributed by atoms with Crippen molar-refractivity contribution in [1.82, 2.24) is 10.2 Å². The SMILES string of the molecule is CCN(CC(=O)NCc1cccs1)C(=O)COc1cccc(Br)c1. The molecule has 0 aliphatic rings. The van der Waals surface area contributed by atoms with Crippen LogP contribution in [0.4, 0.5) is 0 Å². The number of ether oxygens (including phenoxy) is 1. The summed E-state index contributed by atoms with van der Waals surface area (Å²) >= 11 is 4.93. The zero-order chi connectivity index (χ0) is 17.4. The molecule has 2 amide bonds. The van der Waals surface area contributed by atoms with E-state index in [-0.39, 0.29) is 25.0 Å². The van der Waals surface area contributed by atoms with E-state index in [9.17, 15) is 9.59 Å². The second-order valence-electron chi connectivity index (χ2n) is 5.01. The van der Waals surface area contributed by atoms with Crippen LogP contribution >= 0.6 is 27.3 Å². The van der Waals surface area contributed by atoms with Gasteiger partial charge in [0.1, 0.15) is 5.75 Å². The van der Waals surface area contributed by atoms with Crippen molar-refractivity contribution in [3.8, 4) is 5.75 Å². The first-order valence-electron chi connectivity index (χ1n) is 7.53. The molecule has 0 saturated carbocycles. The number of amides is 2. The summed E-state index contributed by atoms with van der Waals surface area (Å²) in [6, 6.07) is 11.2. The monoisotopic (exact) mass is 410 g/mol. The van der Waals surface area contributed by atoms with E-state index in [4.69, 9.17) is 4.74 Å². The van der Waals surface area contributed by atoms with Crippen molar-refractivity contribution >= 4 is 39.1 Å². The molecule has 1 N–H and O–H groups in total. The third-order valence-electron chi connectivity index (χ3n) is 3.27. The number of halogens is 1. The molecule has 0 fully saturated rings. The van der Waals surface area contributed by atoms with Crippen LogP contribution in [0.3, 0.4) is 0 Å². The molecule has 2 aromatic rings. The predicted octanol–water partition coefficient (Wildman–Crippen LogP) is 3.05. The Kier molecular flexibility index (Phi) is 7.27. The molecule has 0 atom stereocenters. The van der Waals surface area contributed by atoms with Crippen LogP contribution in [-0.2, 0) is 16.1 Å². The minimum Gasteiger partial charge on any atom is -0.484 e. The summed E-state index contributed by atoms with van der Waals surface area (Å²) in [6.07, 6.45) is 0. The van der Waals surface area contributed by atoms with Crippen LogP contribution in [0.25, 0.3) is 0 Å². The fourth-order valence-corrected chi connectivity index (χ4v) is 3.02. The summed E-state index contributed by atoms with van der Waals surface area (Å²) < 4.78 is 6.36. The Morgan fingerprint density at radius 2 is 2.12 bits per heavy atom. The summed E-state index contributed by atoms with van der Waals surface area (Å²) in [7, 11) is 0. The van der Waals surface area contributed by atoms with Gasteiger partial charge in [0, 0.05) is 15.9 Å². The standard InChI is InChI=1S/C17H19BrN2O3S/c1-2-20(11-16(21)19-10-15-7-4-8-24-15)17(22)12-23-14-6-3-5-13(18)9-14/h3-9H,2,10-12H2,1H3,(H,19,21). The first kappa shape index (κ1) is 18.5. The van der Waals surface area contributed by atoms with Crippen molar-refractivity contribution in [3.05, 3.63) is 51.1 Å². The Labute approximate surface area is 153 Å². The van der Waals surface area contributed by atoms with Crippen LogP contribution in [0.5, 0.6) is 5.75 Å². The molecule has 0 aliphatic carbocycles. The van der Waals surface area contributed by atoms with Gasteiger partial charge in [-0.25, -0.2) is 0 Å². The molecule has 1 heterocycles. The number of rotatable bonds is 8. The molecule has 0 spiro atoms. The van der Waals surface area contributed by atoms with Crippen molar-refractivity contribution in [2.75, 3.05) is 19.7 Å². The first-order valence-corrected chi connectivity index (χ1v) is 9.21. The van der Waals surface area contributed by atoms with Crippen LogP contribution < -0.4 is 10.1 Å². The number of nitrogens with one attached hydrogen (secondary N) is 1. The van der Waals surface area contributed by atoms with Crippen molar-refractivity contribution in [1.29, 1.82) is 0 Å². The van der Waals surface area contributed by atoms with Gasteiger partial charge >= 0.3 is 0 Å². The van der Waals surface area contributed by atoms with E-state index in [1.807, 2.05) is 36.6 Å². The lowest BCUT2D eigenvalue weighted by Gasteiger charge is -2.20. The summed E-state index contributed by atoms with van der Waals surface area (Å²) in [4.78, 5) is 26.7. The fraction of sp³-hybridized carbons (Fsp3) is 0.294. The van der Waals surface area contributed by atoms with Gasteiger partial charge < -0.3 is 15.0 Å². The van der Waals surface area contributed by atoms with Gasteiger partial charge in [0.2, 0.25) is 5.91 Å². The third kappa shape index (κ3) is 5.98. The molecule has 24 heavy (non-hydrogen) atoms. The highest BCUT2D eigenvalue weighted by atomic mass is 79.9. The number of thiophene rings is 1.